The highest BCUT2D eigenvalue weighted by Crippen LogP contribution is 2.10. The number of amidine groups is 1. The third-order valence-corrected chi connectivity index (χ3v) is 2.76. The van der Waals surface area contributed by atoms with Crippen molar-refractivity contribution in [3.63, 3.8) is 0 Å². The van der Waals surface area contributed by atoms with Crippen molar-refractivity contribution in [2.45, 2.75) is 48.0 Å². The zero-order valence-electron chi connectivity index (χ0n) is 12.9. The molecule has 2 N–H and O–H groups in total. The Labute approximate surface area is 112 Å². The summed E-state index contributed by atoms with van der Waals surface area (Å²) in [6.45, 7) is 15.4. The topological polar surface area (TPSA) is 36.4 Å². The van der Waals surface area contributed by atoms with Crippen molar-refractivity contribution in [2.75, 3.05) is 19.6 Å². The van der Waals surface area contributed by atoms with Crippen molar-refractivity contribution in [1.29, 1.82) is 0 Å². The summed E-state index contributed by atoms with van der Waals surface area (Å²) in [4.78, 5) is 4.59. The third kappa shape index (κ3) is 6.60. The maximum Gasteiger partial charge on any atom is 0.128 e. The third-order valence-electron chi connectivity index (χ3n) is 2.76. The molecule has 0 saturated heterocycles. The van der Waals surface area contributed by atoms with Crippen LogP contribution in [-0.2, 0) is 0 Å². The fourth-order valence-electron chi connectivity index (χ4n) is 1.62. The summed E-state index contributed by atoms with van der Waals surface area (Å²) < 4.78 is 0. The zero-order valence-corrected chi connectivity index (χ0v) is 12.9. The monoisotopic (exact) mass is 251 g/mol. The van der Waals surface area contributed by atoms with Crippen LogP contribution in [0.25, 0.3) is 0 Å². The average Bonchev–Trinajstić information content (AvgIpc) is 2.33. The molecular formula is C15H29N3. The smallest absolute Gasteiger partial charge is 0.128 e. The van der Waals surface area contributed by atoms with Gasteiger partial charge in [0.1, 0.15) is 5.84 Å². The standard InChI is InChI=1S/C15H29N3/c1-7-13(6)18-15(17-9-3)14(12(4)5)10-11-16-8-2/h7,16H,8-11H2,1-6H3,(H,17,18)/b13-7+. The minimum Gasteiger partial charge on any atom is -0.344 e. The van der Waals surface area contributed by atoms with Gasteiger partial charge in [0.2, 0.25) is 0 Å². The molecule has 0 atom stereocenters. The molecule has 0 amide bonds. The Kier molecular flexibility index (Phi) is 9.29. The van der Waals surface area contributed by atoms with E-state index in [-0.39, 0.29) is 0 Å². The van der Waals surface area contributed by atoms with Gasteiger partial charge in [-0.05, 0) is 59.7 Å². The molecule has 0 aromatic heterocycles. The van der Waals surface area contributed by atoms with Crippen LogP contribution in [0, 0.1) is 0 Å². The zero-order chi connectivity index (χ0) is 14.0. The molecule has 0 radical (unpaired) electrons. The van der Waals surface area contributed by atoms with Gasteiger partial charge in [-0.3, -0.25) is 4.99 Å². The van der Waals surface area contributed by atoms with Crippen LogP contribution in [0.5, 0.6) is 0 Å². The molecule has 0 aliphatic rings. The normalized spacial score (nSPS) is 12.6. The van der Waals surface area contributed by atoms with Gasteiger partial charge < -0.3 is 10.6 Å². The van der Waals surface area contributed by atoms with Crippen LogP contribution < -0.4 is 10.6 Å². The van der Waals surface area contributed by atoms with Crippen molar-refractivity contribution >= 4 is 5.84 Å². The van der Waals surface area contributed by atoms with Gasteiger partial charge in [0.15, 0.2) is 0 Å². The number of hydrogen-bond donors (Lipinski definition) is 2. The van der Waals surface area contributed by atoms with Crippen LogP contribution in [0.4, 0.5) is 0 Å². The molecule has 0 aliphatic heterocycles. The molecule has 0 bridgehead atoms. The lowest BCUT2D eigenvalue weighted by molar-refractivity contribution is 0.716. The predicted octanol–water partition coefficient (Wildman–Crippen LogP) is 3.25. The molecule has 0 aromatic carbocycles. The highest BCUT2D eigenvalue weighted by Gasteiger charge is 2.08. The van der Waals surface area contributed by atoms with E-state index >= 15 is 0 Å². The lowest BCUT2D eigenvalue weighted by Crippen LogP contribution is -2.27. The highest BCUT2D eigenvalue weighted by molar-refractivity contribution is 5.99. The number of nitrogens with zero attached hydrogens (tertiary/aromatic N) is 1. The Bertz CT molecular complexity index is 321. The van der Waals surface area contributed by atoms with Gasteiger partial charge in [0.05, 0.1) is 0 Å². The van der Waals surface area contributed by atoms with Crippen molar-refractivity contribution in [3.05, 3.63) is 22.9 Å². The summed E-state index contributed by atoms with van der Waals surface area (Å²) in [7, 11) is 0. The Balaban J connectivity index is 4.92. The van der Waals surface area contributed by atoms with E-state index < -0.39 is 0 Å². The van der Waals surface area contributed by atoms with Gasteiger partial charge in [0, 0.05) is 12.2 Å². The van der Waals surface area contributed by atoms with E-state index in [0.29, 0.717) is 0 Å². The summed E-state index contributed by atoms with van der Waals surface area (Å²) >= 11 is 0. The summed E-state index contributed by atoms with van der Waals surface area (Å²) in [5, 5.41) is 6.77. The second kappa shape index (κ2) is 9.89. The Morgan fingerprint density at radius 3 is 2.28 bits per heavy atom. The Hall–Kier alpha value is -1.09. The molecule has 104 valence electrons. The van der Waals surface area contributed by atoms with Crippen molar-refractivity contribution in [2.24, 2.45) is 4.99 Å². The fourth-order valence-corrected chi connectivity index (χ4v) is 1.62. The van der Waals surface area contributed by atoms with Crippen molar-refractivity contribution < 1.29 is 0 Å². The van der Waals surface area contributed by atoms with Crippen molar-refractivity contribution in [3.8, 4) is 0 Å². The fraction of sp³-hybridized carbons (Fsp3) is 0.667. The first-order valence-electron chi connectivity index (χ1n) is 6.88. The minimum atomic E-state index is 0.803. The van der Waals surface area contributed by atoms with Gasteiger partial charge in [-0.25, -0.2) is 0 Å². The van der Waals surface area contributed by atoms with E-state index in [9.17, 15) is 0 Å². The molecule has 0 fully saturated rings. The van der Waals surface area contributed by atoms with Crippen molar-refractivity contribution in [1.82, 2.24) is 10.6 Å². The molecule has 0 aromatic rings. The first kappa shape index (κ1) is 16.9. The summed E-state index contributed by atoms with van der Waals surface area (Å²) in [5.41, 5.74) is 3.79. The quantitative estimate of drug-likeness (QED) is 0.414. The Morgan fingerprint density at radius 2 is 1.83 bits per heavy atom. The van der Waals surface area contributed by atoms with E-state index in [0.717, 1.165) is 37.6 Å². The van der Waals surface area contributed by atoms with Crippen LogP contribution in [0.15, 0.2) is 27.9 Å². The minimum absolute atomic E-state index is 0.803. The van der Waals surface area contributed by atoms with E-state index in [1.165, 1.54) is 11.1 Å². The van der Waals surface area contributed by atoms with E-state index in [1.54, 1.807) is 0 Å². The van der Waals surface area contributed by atoms with Gasteiger partial charge in [-0.15, -0.1) is 0 Å². The van der Waals surface area contributed by atoms with Gasteiger partial charge in [-0.2, -0.15) is 0 Å². The predicted molar refractivity (Wildman–Crippen MR) is 82.1 cm³/mol. The molecule has 0 aliphatic carbocycles. The van der Waals surface area contributed by atoms with Crippen LogP contribution in [-0.4, -0.2) is 25.5 Å². The van der Waals surface area contributed by atoms with Gasteiger partial charge >= 0.3 is 0 Å². The average molecular weight is 251 g/mol. The first-order chi connectivity index (χ1) is 8.56. The van der Waals surface area contributed by atoms with E-state index in [2.05, 4.69) is 56.3 Å². The van der Waals surface area contributed by atoms with E-state index in [4.69, 9.17) is 0 Å². The molecule has 0 rings (SSSR count). The molecule has 0 unspecified atom stereocenters. The maximum atomic E-state index is 4.59. The summed E-state index contributed by atoms with van der Waals surface area (Å²) in [6.07, 6.45) is 3.08. The second-order valence-corrected chi connectivity index (χ2v) is 4.50. The summed E-state index contributed by atoms with van der Waals surface area (Å²) in [5.74, 6) is 1.02. The molecule has 0 heterocycles. The molecule has 0 spiro atoms. The molecule has 3 nitrogen and oxygen atoms in total. The highest BCUT2D eigenvalue weighted by atomic mass is 15.0. The van der Waals surface area contributed by atoms with Crippen LogP contribution >= 0.6 is 0 Å². The number of rotatable bonds is 7. The first-order valence-corrected chi connectivity index (χ1v) is 6.88. The molecular weight excluding hydrogens is 222 g/mol. The second-order valence-electron chi connectivity index (χ2n) is 4.50. The largest absolute Gasteiger partial charge is 0.344 e. The van der Waals surface area contributed by atoms with Crippen LogP contribution in [0.2, 0.25) is 0 Å². The van der Waals surface area contributed by atoms with Crippen LogP contribution in [0.3, 0.4) is 0 Å². The summed E-state index contributed by atoms with van der Waals surface area (Å²) in [6, 6.07) is 0. The lowest BCUT2D eigenvalue weighted by atomic mass is 10.1. The maximum absolute atomic E-state index is 4.59. The Morgan fingerprint density at radius 1 is 1.17 bits per heavy atom. The number of nitrogens with one attached hydrogen (secondary N) is 2. The number of allylic oxidation sites excluding steroid dienone is 3. The van der Waals surface area contributed by atoms with Gasteiger partial charge in [-0.1, -0.05) is 18.6 Å². The molecule has 3 heteroatoms. The number of aliphatic imine (C=N–C) groups is 1. The lowest BCUT2D eigenvalue weighted by Gasteiger charge is -2.16. The van der Waals surface area contributed by atoms with Gasteiger partial charge in [0.25, 0.3) is 0 Å². The van der Waals surface area contributed by atoms with Crippen LogP contribution in [0.1, 0.15) is 48.0 Å². The molecule has 0 saturated carbocycles. The SMILES string of the molecule is C/C=C(\C)NC(=NCC)C(CCNCC)=C(C)C. The van der Waals surface area contributed by atoms with E-state index in [1.807, 2.05) is 6.92 Å². The molecule has 18 heavy (non-hydrogen) atoms. The number of hydrogen-bond acceptors (Lipinski definition) is 2.